The lowest BCUT2D eigenvalue weighted by molar-refractivity contribution is -0.385. The minimum Gasteiger partial charge on any atom is -0.490 e. The minimum atomic E-state index is -0.562. The third kappa shape index (κ3) is 3.69. The highest BCUT2D eigenvalue weighted by atomic mass is 35.5. The van der Waals surface area contributed by atoms with Crippen LogP contribution in [0.1, 0.15) is 18.9 Å². The molecule has 10 nitrogen and oxygen atoms in total. The number of rotatable bonds is 7. The Morgan fingerprint density at radius 2 is 1.94 bits per heavy atom. The van der Waals surface area contributed by atoms with Crippen molar-refractivity contribution in [3.05, 3.63) is 63.3 Å². The van der Waals surface area contributed by atoms with Gasteiger partial charge in [-0.3, -0.25) is 19.7 Å². The predicted octanol–water partition coefficient (Wildman–Crippen LogP) is 3.98. The molecule has 2 aliphatic carbocycles. The third-order valence-corrected chi connectivity index (χ3v) is 6.52. The monoisotopic (exact) mass is 482 g/mol. The van der Waals surface area contributed by atoms with Crippen molar-refractivity contribution in [2.24, 2.45) is 28.8 Å². The van der Waals surface area contributed by atoms with Gasteiger partial charge in [-0.2, -0.15) is 10.1 Å². The molecule has 0 radical (unpaired) electrons. The number of hydrogen-bond acceptors (Lipinski definition) is 8. The average Bonchev–Trinajstić information content (AvgIpc) is 3.49. The number of hydrazone groups is 1. The van der Waals surface area contributed by atoms with Gasteiger partial charge in [0.05, 0.1) is 34.6 Å². The van der Waals surface area contributed by atoms with E-state index in [2.05, 4.69) is 10.1 Å². The Balaban J connectivity index is 1.38. The van der Waals surface area contributed by atoms with E-state index in [0.29, 0.717) is 12.2 Å². The number of fused-ring (bicyclic) bond motifs is 5. The minimum absolute atomic E-state index is 0.0953. The summed E-state index contributed by atoms with van der Waals surface area (Å²) >= 11 is 6.42. The van der Waals surface area contributed by atoms with Crippen LogP contribution in [0.3, 0.4) is 0 Å². The van der Waals surface area contributed by atoms with E-state index >= 15 is 0 Å². The highest BCUT2D eigenvalue weighted by Crippen LogP contribution is 2.52. The maximum absolute atomic E-state index is 12.8. The average molecular weight is 483 g/mol. The Morgan fingerprint density at radius 3 is 2.53 bits per heavy atom. The maximum atomic E-state index is 12.8. The summed E-state index contributed by atoms with van der Waals surface area (Å²) in [7, 11) is 0. The van der Waals surface area contributed by atoms with Crippen molar-refractivity contribution < 1.29 is 24.0 Å². The number of benzene rings is 1. The molecule has 2 bridgehead atoms. The molecule has 0 N–H and O–H groups in total. The lowest BCUT2D eigenvalue weighted by Gasteiger charge is -2.14. The van der Waals surface area contributed by atoms with Crippen LogP contribution >= 0.6 is 11.6 Å². The van der Waals surface area contributed by atoms with Crippen LogP contribution in [0, 0.1) is 33.8 Å². The van der Waals surface area contributed by atoms with Crippen molar-refractivity contribution >= 4 is 35.3 Å². The molecule has 1 saturated heterocycles. The molecule has 2 amide bonds. The molecule has 2 aromatic rings. The molecule has 11 heteroatoms. The Kier molecular flexibility index (Phi) is 5.52. The van der Waals surface area contributed by atoms with Crippen LogP contribution in [0.2, 0.25) is 5.02 Å². The summed E-state index contributed by atoms with van der Waals surface area (Å²) in [6.45, 7) is 2.09. The highest BCUT2D eigenvalue weighted by Gasteiger charge is 2.59. The van der Waals surface area contributed by atoms with Crippen LogP contribution < -0.4 is 9.47 Å². The molecule has 2 heterocycles. The van der Waals surface area contributed by atoms with E-state index in [0.717, 1.165) is 17.6 Å². The summed E-state index contributed by atoms with van der Waals surface area (Å²) in [6, 6.07) is 5.77. The van der Waals surface area contributed by atoms with E-state index in [-0.39, 0.29) is 63.6 Å². The van der Waals surface area contributed by atoms with Gasteiger partial charge in [0.15, 0.2) is 11.5 Å². The van der Waals surface area contributed by atoms with Gasteiger partial charge in [0.25, 0.3) is 17.5 Å². The molecule has 1 aromatic carbocycles. The van der Waals surface area contributed by atoms with Gasteiger partial charge in [0, 0.05) is 12.1 Å². The summed E-state index contributed by atoms with van der Waals surface area (Å²) in [6.07, 6.45) is 7.36. The fourth-order valence-electron chi connectivity index (χ4n) is 4.79. The van der Waals surface area contributed by atoms with Crippen molar-refractivity contribution in [2.75, 3.05) is 6.61 Å². The van der Waals surface area contributed by atoms with E-state index in [1.54, 1.807) is 19.1 Å². The van der Waals surface area contributed by atoms with Crippen molar-refractivity contribution in [1.29, 1.82) is 0 Å². The smallest absolute Gasteiger partial charge is 0.287 e. The molecule has 0 spiro atoms. The molecular formula is C23H19ClN4O6. The Labute approximate surface area is 199 Å². The fraction of sp³-hybridized carbons (Fsp3) is 0.304. The number of amides is 2. The van der Waals surface area contributed by atoms with Crippen LogP contribution in [-0.4, -0.2) is 39.6 Å². The number of ether oxygens (including phenoxy) is 2. The Bertz CT molecular complexity index is 1210. The number of allylic oxidation sites excluding steroid dienone is 2. The predicted molar refractivity (Wildman–Crippen MR) is 121 cm³/mol. The first-order valence-corrected chi connectivity index (χ1v) is 11.1. The second-order valence-corrected chi connectivity index (χ2v) is 8.62. The van der Waals surface area contributed by atoms with Crippen LogP contribution in [0.5, 0.6) is 17.4 Å². The molecule has 174 valence electrons. The summed E-state index contributed by atoms with van der Waals surface area (Å²) in [5.41, 5.74) is 0.324. The Morgan fingerprint density at radius 1 is 1.24 bits per heavy atom. The Hall–Kier alpha value is -3.79. The number of carbonyl (C=O) groups excluding carboxylic acids is 2. The van der Waals surface area contributed by atoms with E-state index in [1.165, 1.54) is 18.3 Å². The number of hydrogen-bond donors (Lipinski definition) is 0. The standard InChI is InChI=1S/C23H19ClN4O6/c1-2-33-17-8-12(7-16(24)21(17)34-18-6-5-15(11-25-18)28(31)32)10-26-27-22(29)19-13-3-4-14(9-13)20(19)23(27)30/h3-8,10-11,13-14,19-20H,2,9H2,1H3. The molecule has 1 saturated carbocycles. The van der Waals surface area contributed by atoms with Gasteiger partial charge in [0.2, 0.25) is 5.88 Å². The van der Waals surface area contributed by atoms with Crippen LogP contribution in [0.15, 0.2) is 47.7 Å². The third-order valence-electron chi connectivity index (χ3n) is 6.24. The van der Waals surface area contributed by atoms with Crippen LogP contribution in [0.25, 0.3) is 0 Å². The number of imide groups is 1. The van der Waals surface area contributed by atoms with Gasteiger partial charge >= 0.3 is 0 Å². The lowest BCUT2D eigenvalue weighted by Crippen LogP contribution is -2.28. The zero-order chi connectivity index (χ0) is 24.0. The van der Waals surface area contributed by atoms with E-state index in [1.807, 2.05) is 12.2 Å². The quantitative estimate of drug-likeness (QED) is 0.192. The molecule has 4 unspecified atom stereocenters. The summed E-state index contributed by atoms with van der Waals surface area (Å²) < 4.78 is 11.4. The van der Waals surface area contributed by atoms with Crippen molar-refractivity contribution in [3.8, 4) is 17.4 Å². The summed E-state index contributed by atoms with van der Waals surface area (Å²) in [4.78, 5) is 39.8. The van der Waals surface area contributed by atoms with Gasteiger partial charge in [-0.15, -0.1) is 0 Å². The van der Waals surface area contributed by atoms with Crippen LogP contribution in [0.4, 0.5) is 5.69 Å². The van der Waals surface area contributed by atoms with Gasteiger partial charge in [0.1, 0.15) is 6.20 Å². The fourth-order valence-corrected chi connectivity index (χ4v) is 5.05. The molecule has 4 atom stereocenters. The zero-order valence-electron chi connectivity index (χ0n) is 18.0. The summed E-state index contributed by atoms with van der Waals surface area (Å²) in [5.74, 6) is -0.434. The lowest BCUT2D eigenvalue weighted by atomic mass is 9.85. The molecule has 1 aromatic heterocycles. The first kappa shape index (κ1) is 22.0. The number of aromatic nitrogens is 1. The largest absolute Gasteiger partial charge is 0.490 e. The van der Waals surface area contributed by atoms with E-state index in [4.69, 9.17) is 21.1 Å². The van der Waals surface area contributed by atoms with Crippen LogP contribution in [-0.2, 0) is 9.59 Å². The molecule has 3 aliphatic rings. The molecule has 1 aliphatic heterocycles. The first-order chi connectivity index (χ1) is 16.4. The van der Waals surface area contributed by atoms with Gasteiger partial charge in [-0.25, -0.2) is 4.98 Å². The number of carbonyl (C=O) groups is 2. The highest BCUT2D eigenvalue weighted by molar-refractivity contribution is 6.32. The molecule has 5 rings (SSSR count). The molecule has 2 fully saturated rings. The topological polar surface area (TPSA) is 124 Å². The van der Waals surface area contributed by atoms with Gasteiger partial charge < -0.3 is 9.47 Å². The number of nitro groups is 1. The normalized spacial score (nSPS) is 24.8. The van der Waals surface area contributed by atoms with Crippen molar-refractivity contribution in [2.45, 2.75) is 13.3 Å². The summed E-state index contributed by atoms with van der Waals surface area (Å²) in [5, 5.41) is 16.1. The van der Waals surface area contributed by atoms with E-state index < -0.39 is 4.92 Å². The molecule has 34 heavy (non-hydrogen) atoms. The zero-order valence-corrected chi connectivity index (χ0v) is 18.7. The number of halogens is 1. The second-order valence-electron chi connectivity index (χ2n) is 8.21. The van der Waals surface area contributed by atoms with Gasteiger partial charge in [-0.05, 0) is 42.9 Å². The van der Waals surface area contributed by atoms with E-state index in [9.17, 15) is 19.7 Å². The maximum Gasteiger partial charge on any atom is 0.287 e. The number of pyridine rings is 1. The second kappa shape index (κ2) is 8.53. The number of nitrogens with zero attached hydrogens (tertiary/aromatic N) is 4. The van der Waals surface area contributed by atoms with Gasteiger partial charge in [-0.1, -0.05) is 23.8 Å². The van der Waals surface area contributed by atoms with Crippen molar-refractivity contribution in [3.63, 3.8) is 0 Å². The molecular weight excluding hydrogens is 464 g/mol. The van der Waals surface area contributed by atoms with Crippen molar-refractivity contribution in [1.82, 2.24) is 9.99 Å². The SMILES string of the molecule is CCOc1cc(C=NN2C(=O)C3C4C=CC(C4)C3C2=O)cc(Cl)c1Oc1ccc([N+](=O)[O-])cn1. The first-order valence-electron chi connectivity index (χ1n) is 10.7.